The molecule has 0 spiro atoms. The SMILES string of the molecule is CCCOc1ccc([C@H]2CO[C@H](CC)CO2)cc1. The molecule has 100 valence electrons. The molecule has 1 aromatic carbocycles. The van der Waals surface area contributed by atoms with E-state index in [4.69, 9.17) is 14.2 Å². The summed E-state index contributed by atoms with van der Waals surface area (Å²) in [6.07, 6.45) is 2.36. The first-order chi connectivity index (χ1) is 8.83. The Labute approximate surface area is 109 Å². The van der Waals surface area contributed by atoms with Gasteiger partial charge < -0.3 is 14.2 Å². The van der Waals surface area contributed by atoms with E-state index < -0.39 is 0 Å². The quantitative estimate of drug-likeness (QED) is 0.802. The van der Waals surface area contributed by atoms with Crippen LogP contribution in [0.3, 0.4) is 0 Å². The second kappa shape index (κ2) is 6.76. The molecule has 1 saturated heterocycles. The van der Waals surface area contributed by atoms with Crippen LogP contribution in [0.25, 0.3) is 0 Å². The topological polar surface area (TPSA) is 27.7 Å². The van der Waals surface area contributed by atoms with E-state index >= 15 is 0 Å². The zero-order chi connectivity index (χ0) is 12.8. The lowest BCUT2D eigenvalue weighted by Crippen LogP contribution is -2.30. The Hall–Kier alpha value is -1.06. The molecule has 18 heavy (non-hydrogen) atoms. The molecular weight excluding hydrogens is 228 g/mol. The van der Waals surface area contributed by atoms with Gasteiger partial charge in [-0.15, -0.1) is 0 Å². The molecule has 0 saturated carbocycles. The fourth-order valence-electron chi connectivity index (χ4n) is 1.97. The molecule has 1 aliphatic heterocycles. The van der Waals surface area contributed by atoms with Crippen LogP contribution < -0.4 is 4.74 Å². The first-order valence-electron chi connectivity index (χ1n) is 6.79. The third-order valence-corrected chi connectivity index (χ3v) is 3.15. The lowest BCUT2D eigenvalue weighted by Gasteiger charge is -2.29. The zero-order valence-electron chi connectivity index (χ0n) is 11.2. The van der Waals surface area contributed by atoms with Crippen molar-refractivity contribution in [2.75, 3.05) is 19.8 Å². The Balaban J connectivity index is 1.89. The summed E-state index contributed by atoms with van der Waals surface area (Å²) in [4.78, 5) is 0. The lowest BCUT2D eigenvalue weighted by molar-refractivity contribution is -0.135. The molecule has 2 rings (SSSR count). The van der Waals surface area contributed by atoms with Crippen LogP contribution >= 0.6 is 0 Å². The van der Waals surface area contributed by atoms with Gasteiger partial charge in [-0.3, -0.25) is 0 Å². The highest BCUT2D eigenvalue weighted by Gasteiger charge is 2.22. The van der Waals surface area contributed by atoms with Gasteiger partial charge in [0.2, 0.25) is 0 Å². The van der Waals surface area contributed by atoms with E-state index in [1.54, 1.807) is 0 Å². The predicted octanol–water partition coefficient (Wildman–Crippen LogP) is 3.34. The van der Waals surface area contributed by atoms with Crippen molar-refractivity contribution >= 4 is 0 Å². The van der Waals surface area contributed by atoms with E-state index in [1.165, 1.54) is 0 Å². The molecule has 1 aromatic rings. The van der Waals surface area contributed by atoms with Gasteiger partial charge in [0.15, 0.2) is 0 Å². The van der Waals surface area contributed by atoms with Crippen molar-refractivity contribution in [3.8, 4) is 5.75 Å². The number of hydrogen-bond donors (Lipinski definition) is 0. The highest BCUT2D eigenvalue weighted by atomic mass is 16.6. The fourth-order valence-corrected chi connectivity index (χ4v) is 1.97. The Kier molecular flexibility index (Phi) is 5.02. The Morgan fingerprint density at radius 2 is 1.89 bits per heavy atom. The summed E-state index contributed by atoms with van der Waals surface area (Å²) in [6.45, 7) is 6.32. The minimum atomic E-state index is 0.0630. The highest BCUT2D eigenvalue weighted by Crippen LogP contribution is 2.25. The monoisotopic (exact) mass is 250 g/mol. The van der Waals surface area contributed by atoms with Crippen LogP contribution in [0.2, 0.25) is 0 Å². The molecule has 0 amide bonds. The number of ether oxygens (including phenoxy) is 3. The third kappa shape index (κ3) is 3.47. The molecule has 0 unspecified atom stereocenters. The molecule has 0 bridgehead atoms. The van der Waals surface area contributed by atoms with Gasteiger partial charge in [0.1, 0.15) is 11.9 Å². The standard InChI is InChI=1S/C15H22O3/c1-3-9-16-14-7-5-12(6-8-14)15-11-17-13(4-2)10-18-15/h5-8,13,15H,3-4,9-11H2,1-2H3/t13-,15-/m1/s1. The summed E-state index contributed by atoms with van der Waals surface area (Å²) >= 11 is 0. The average Bonchev–Trinajstić information content (AvgIpc) is 2.46. The van der Waals surface area contributed by atoms with Gasteiger partial charge in [-0.05, 0) is 30.5 Å². The molecule has 0 aromatic heterocycles. The average molecular weight is 250 g/mol. The molecule has 0 radical (unpaired) electrons. The summed E-state index contributed by atoms with van der Waals surface area (Å²) in [7, 11) is 0. The molecule has 1 fully saturated rings. The maximum Gasteiger partial charge on any atom is 0.119 e. The van der Waals surface area contributed by atoms with Gasteiger partial charge in [-0.1, -0.05) is 26.0 Å². The molecule has 3 heteroatoms. The first kappa shape index (κ1) is 13.4. The minimum Gasteiger partial charge on any atom is -0.494 e. The van der Waals surface area contributed by atoms with E-state index in [9.17, 15) is 0 Å². The van der Waals surface area contributed by atoms with Gasteiger partial charge in [0, 0.05) is 0 Å². The van der Waals surface area contributed by atoms with Crippen LogP contribution in [-0.2, 0) is 9.47 Å². The van der Waals surface area contributed by atoms with Crippen LogP contribution in [0.4, 0.5) is 0 Å². The summed E-state index contributed by atoms with van der Waals surface area (Å²) in [5.74, 6) is 0.920. The van der Waals surface area contributed by atoms with Crippen LogP contribution in [0, 0.1) is 0 Å². The molecule has 0 N–H and O–H groups in total. The van der Waals surface area contributed by atoms with Gasteiger partial charge in [-0.25, -0.2) is 0 Å². The smallest absolute Gasteiger partial charge is 0.119 e. The van der Waals surface area contributed by atoms with Crippen molar-refractivity contribution in [2.24, 2.45) is 0 Å². The van der Waals surface area contributed by atoms with E-state index in [2.05, 4.69) is 26.0 Å². The highest BCUT2D eigenvalue weighted by molar-refractivity contribution is 5.28. The molecule has 2 atom stereocenters. The molecular formula is C15H22O3. The summed E-state index contributed by atoms with van der Waals surface area (Å²) < 4.78 is 17.1. The van der Waals surface area contributed by atoms with Gasteiger partial charge in [0.05, 0.1) is 25.9 Å². The normalized spacial score (nSPS) is 23.9. The van der Waals surface area contributed by atoms with E-state index in [0.29, 0.717) is 13.2 Å². The molecule has 1 heterocycles. The third-order valence-electron chi connectivity index (χ3n) is 3.15. The van der Waals surface area contributed by atoms with E-state index in [-0.39, 0.29) is 12.2 Å². The second-order valence-corrected chi connectivity index (χ2v) is 4.60. The number of hydrogen-bond acceptors (Lipinski definition) is 3. The van der Waals surface area contributed by atoms with Crippen LogP contribution in [0.15, 0.2) is 24.3 Å². The largest absolute Gasteiger partial charge is 0.494 e. The first-order valence-corrected chi connectivity index (χ1v) is 6.79. The van der Waals surface area contributed by atoms with Gasteiger partial charge in [0.25, 0.3) is 0 Å². The zero-order valence-corrected chi connectivity index (χ0v) is 11.2. The second-order valence-electron chi connectivity index (χ2n) is 4.60. The summed E-state index contributed by atoms with van der Waals surface area (Å²) in [6, 6.07) is 8.12. The van der Waals surface area contributed by atoms with Crippen molar-refractivity contribution < 1.29 is 14.2 Å². The van der Waals surface area contributed by atoms with Crippen molar-refractivity contribution in [1.82, 2.24) is 0 Å². The van der Waals surface area contributed by atoms with E-state index in [0.717, 1.165) is 30.8 Å². The van der Waals surface area contributed by atoms with Crippen LogP contribution in [0.1, 0.15) is 38.4 Å². The van der Waals surface area contributed by atoms with Crippen LogP contribution in [-0.4, -0.2) is 25.9 Å². The van der Waals surface area contributed by atoms with Crippen molar-refractivity contribution in [3.05, 3.63) is 29.8 Å². The Bertz CT molecular complexity index is 339. The Morgan fingerprint density at radius 3 is 2.44 bits per heavy atom. The summed E-state index contributed by atoms with van der Waals surface area (Å²) in [5.41, 5.74) is 1.16. The predicted molar refractivity (Wildman–Crippen MR) is 71.0 cm³/mol. The number of benzene rings is 1. The molecule has 3 nitrogen and oxygen atoms in total. The van der Waals surface area contributed by atoms with E-state index in [1.807, 2.05) is 12.1 Å². The van der Waals surface area contributed by atoms with Gasteiger partial charge in [-0.2, -0.15) is 0 Å². The lowest BCUT2D eigenvalue weighted by atomic mass is 10.1. The fraction of sp³-hybridized carbons (Fsp3) is 0.600. The molecule has 0 aliphatic carbocycles. The maximum atomic E-state index is 5.82. The van der Waals surface area contributed by atoms with Crippen LogP contribution in [0.5, 0.6) is 5.75 Å². The Morgan fingerprint density at radius 1 is 1.11 bits per heavy atom. The molecule has 1 aliphatic rings. The van der Waals surface area contributed by atoms with Gasteiger partial charge >= 0.3 is 0 Å². The van der Waals surface area contributed by atoms with Crippen molar-refractivity contribution in [2.45, 2.75) is 38.9 Å². The van der Waals surface area contributed by atoms with Crippen molar-refractivity contribution in [1.29, 1.82) is 0 Å². The van der Waals surface area contributed by atoms with Crippen molar-refractivity contribution in [3.63, 3.8) is 0 Å². The maximum absolute atomic E-state index is 5.82. The number of rotatable bonds is 5. The minimum absolute atomic E-state index is 0.0630. The summed E-state index contributed by atoms with van der Waals surface area (Å²) in [5, 5.41) is 0.